The van der Waals surface area contributed by atoms with Gasteiger partial charge in [-0.1, -0.05) is 19.8 Å². The van der Waals surface area contributed by atoms with Crippen LogP contribution in [0.5, 0.6) is 0 Å². The molecule has 6 heteroatoms. The summed E-state index contributed by atoms with van der Waals surface area (Å²) < 4.78 is 0. The molecule has 1 unspecified atom stereocenters. The maximum absolute atomic E-state index is 12.0. The van der Waals surface area contributed by atoms with Gasteiger partial charge in [0.15, 0.2) is 6.10 Å². The van der Waals surface area contributed by atoms with Crippen LogP contribution in [0.1, 0.15) is 45.4 Å². The smallest absolute Gasteiger partial charge is 0.332 e. The van der Waals surface area contributed by atoms with Crippen molar-refractivity contribution >= 4 is 12.0 Å². The Labute approximate surface area is 120 Å². The second-order valence-corrected chi connectivity index (χ2v) is 5.45. The molecule has 0 saturated carbocycles. The SMILES string of the molecule is CCCC1CCCN(C(=O)NCC[C@H](O)C(=O)O)CC1. The Morgan fingerprint density at radius 2 is 2.10 bits per heavy atom. The van der Waals surface area contributed by atoms with Gasteiger partial charge in [-0.05, 0) is 25.2 Å². The molecule has 116 valence electrons. The number of hydrogen-bond acceptors (Lipinski definition) is 3. The first-order valence-electron chi connectivity index (χ1n) is 7.48. The number of aliphatic hydroxyl groups excluding tert-OH is 1. The van der Waals surface area contributed by atoms with E-state index in [-0.39, 0.29) is 19.0 Å². The third-order valence-electron chi connectivity index (χ3n) is 3.81. The molecular weight excluding hydrogens is 260 g/mol. The lowest BCUT2D eigenvalue weighted by atomic mass is 9.96. The number of aliphatic carboxylic acids is 1. The minimum atomic E-state index is -1.41. The zero-order chi connectivity index (χ0) is 15.0. The Morgan fingerprint density at radius 3 is 2.75 bits per heavy atom. The van der Waals surface area contributed by atoms with Crippen molar-refractivity contribution in [3.8, 4) is 0 Å². The first-order valence-corrected chi connectivity index (χ1v) is 7.48. The molecule has 0 aromatic heterocycles. The van der Waals surface area contributed by atoms with Gasteiger partial charge in [-0.3, -0.25) is 0 Å². The molecule has 0 aliphatic carbocycles. The minimum absolute atomic E-state index is 0.0351. The number of rotatable bonds is 6. The van der Waals surface area contributed by atoms with E-state index >= 15 is 0 Å². The molecule has 1 saturated heterocycles. The van der Waals surface area contributed by atoms with Crippen LogP contribution in [0.25, 0.3) is 0 Å². The van der Waals surface area contributed by atoms with E-state index in [1.165, 1.54) is 19.3 Å². The van der Waals surface area contributed by atoms with E-state index in [1.807, 2.05) is 0 Å². The standard InChI is InChI=1S/C14H26N2O4/c1-2-4-11-5-3-9-16(10-7-11)14(20)15-8-6-12(17)13(18)19/h11-12,17H,2-10H2,1H3,(H,15,20)(H,18,19)/t11?,12-/m0/s1. The van der Waals surface area contributed by atoms with E-state index in [1.54, 1.807) is 4.90 Å². The average molecular weight is 286 g/mol. The van der Waals surface area contributed by atoms with Crippen LogP contribution in [-0.4, -0.2) is 52.9 Å². The van der Waals surface area contributed by atoms with Gasteiger partial charge in [-0.15, -0.1) is 0 Å². The zero-order valence-electron chi connectivity index (χ0n) is 12.2. The molecule has 2 atom stereocenters. The molecule has 20 heavy (non-hydrogen) atoms. The number of likely N-dealkylation sites (tertiary alicyclic amines) is 1. The highest BCUT2D eigenvalue weighted by molar-refractivity contribution is 5.74. The van der Waals surface area contributed by atoms with E-state index in [2.05, 4.69) is 12.2 Å². The molecule has 0 bridgehead atoms. The van der Waals surface area contributed by atoms with Crippen molar-refractivity contribution in [2.45, 2.75) is 51.6 Å². The van der Waals surface area contributed by atoms with E-state index in [9.17, 15) is 9.59 Å². The highest BCUT2D eigenvalue weighted by atomic mass is 16.4. The molecule has 1 heterocycles. The van der Waals surface area contributed by atoms with Gasteiger partial charge in [0.05, 0.1) is 0 Å². The van der Waals surface area contributed by atoms with Crippen molar-refractivity contribution in [3.05, 3.63) is 0 Å². The number of nitrogens with one attached hydrogen (secondary N) is 1. The lowest BCUT2D eigenvalue weighted by Gasteiger charge is -2.21. The highest BCUT2D eigenvalue weighted by Crippen LogP contribution is 2.21. The summed E-state index contributed by atoms with van der Waals surface area (Å²) in [6, 6.07) is -0.153. The number of nitrogens with zero attached hydrogens (tertiary/aromatic N) is 1. The first-order chi connectivity index (χ1) is 9.54. The highest BCUT2D eigenvalue weighted by Gasteiger charge is 2.20. The summed E-state index contributed by atoms with van der Waals surface area (Å²) >= 11 is 0. The van der Waals surface area contributed by atoms with Gasteiger partial charge in [-0.25, -0.2) is 9.59 Å². The largest absolute Gasteiger partial charge is 0.479 e. The lowest BCUT2D eigenvalue weighted by molar-refractivity contribution is -0.146. The van der Waals surface area contributed by atoms with Crippen LogP contribution in [0.2, 0.25) is 0 Å². The van der Waals surface area contributed by atoms with Crippen molar-refractivity contribution in [1.82, 2.24) is 10.2 Å². The lowest BCUT2D eigenvalue weighted by Crippen LogP contribution is -2.41. The Kier molecular flexibility index (Phi) is 7.36. The number of carbonyl (C=O) groups is 2. The van der Waals surface area contributed by atoms with Gasteiger partial charge in [0.2, 0.25) is 0 Å². The molecule has 6 nitrogen and oxygen atoms in total. The van der Waals surface area contributed by atoms with Crippen LogP contribution in [0, 0.1) is 5.92 Å². The van der Waals surface area contributed by atoms with Crippen LogP contribution in [0.4, 0.5) is 4.79 Å². The van der Waals surface area contributed by atoms with E-state index < -0.39 is 12.1 Å². The fraction of sp³-hybridized carbons (Fsp3) is 0.857. The molecule has 1 aliphatic rings. The average Bonchev–Trinajstić information content (AvgIpc) is 2.64. The van der Waals surface area contributed by atoms with Crippen molar-refractivity contribution in [3.63, 3.8) is 0 Å². The van der Waals surface area contributed by atoms with Gasteiger partial charge < -0.3 is 20.4 Å². The Morgan fingerprint density at radius 1 is 1.35 bits per heavy atom. The molecular formula is C14H26N2O4. The molecule has 0 radical (unpaired) electrons. The molecule has 1 rings (SSSR count). The van der Waals surface area contributed by atoms with Crippen LogP contribution < -0.4 is 5.32 Å². The predicted molar refractivity (Wildman–Crippen MR) is 75.5 cm³/mol. The fourth-order valence-electron chi connectivity index (χ4n) is 2.62. The summed E-state index contributed by atoms with van der Waals surface area (Å²) in [6.45, 7) is 3.88. The fourth-order valence-corrected chi connectivity index (χ4v) is 2.62. The molecule has 0 aromatic carbocycles. The predicted octanol–water partition coefficient (Wildman–Crippen LogP) is 1.43. The third kappa shape index (κ3) is 5.77. The van der Waals surface area contributed by atoms with Gasteiger partial charge in [0.1, 0.15) is 0 Å². The Bertz CT molecular complexity index is 322. The molecule has 1 aliphatic heterocycles. The van der Waals surface area contributed by atoms with E-state index in [0.717, 1.165) is 25.9 Å². The van der Waals surface area contributed by atoms with Crippen molar-refractivity contribution < 1.29 is 19.8 Å². The summed E-state index contributed by atoms with van der Waals surface area (Å²) in [5.41, 5.74) is 0. The van der Waals surface area contributed by atoms with Gasteiger partial charge in [0.25, 0.3) is 0 Å². The number of amides is 2. The normalized spacial score (nSPS) is 21.1. The van der Waals surface area contributed by atoms with E-state index in [0.29, 0.717) is 5.92 Å². The van der Waals surface area contributed by atoms with Gasteiger partial charge >= 0.3 is 12.0 Å². The summed E-state index contributed by atoms with van der Waals surface area (Å²) in [5, 5.41) is 20.3. The molecule has 3 N–H and O–H groups in total. The third-order valence-corrected chi connectivity index (χ3v) is 3.81. The van der Waals surface area contributed by atoms with Crippen LogP contribution in [-0.2, 0) is 4.79 Å². The summed E-state index contributed by atoms with van der Waals surface area (Å²) in [4.78, 5) is 24.2. The van der Waals surface area contributed by atoms with Crippen molar-refractivity contribution in [2.24, 2.45) is 5.92 Å². The maximum Gasteiger partial charge on any atom is 0.332 e. The number of urea groups is 1. The number of carboxylic acids is 1. The minimum Gasteiger partial charge on any atom is -0.479 e. The van der Waals surface area contributed by atoms with Gasteiger partial charge in [-0.2, -0.15) is 0 Å². The quantitative estimate of drug-likeness (QED) is 0.689. The van der Waals surface area contributed by atoms with Crippen molar-refractivity contribution in [1.29, 1.82) is 0 Å². The second kappa shape index (κ2) is 8.79. The molecule has 0 aromatic rings. The van der Waals surface area contributed by atoms with Crippen LogP contribution in [0.3, 0.4) is 0 Å². The monoisotopic (exact) mass is 286 g/mol. The number of carbonyl (C=O) groups excluding carboxylic acids is 1. The molecule has 1 fully saturated rings. The van der Waals surface area contributed by atoms with E-state index in [4.69, 9.17) is 10.2 Å². The molecule has 0 spiro atoms. The topological polar surface area (TPSA) is 89.9 Å². The van der Waals surface area contributed by atoms with Crippen LogP contribution >= 0.6 is 0 Å². The number of aliphatic hydroxyl groups is 1. The number of carboxylic acid groups (broad SMARTS) is 1. The Balaban J connectivity index is 2.27. The summed E-state index contributed by atoms with van der Waals surface area (Å²) in [6.07, 6.45) is 4.27. The van der Waals surface area contributed by atoms with Crippen molar-refractivity contribution in [2.75, 3.05) is 19.6 Å². The second-order valence-electron chi connectivity index (χ2n) is 5.45. The van der Waals surface area contributed by atoms with Crippen LogP contribution in [0.15, 0.2) is 0 Å². The van der Waals surface area contributed by atoms with Gasteiger partial charge in [0, 0.05) is 26.1 Å². The Hall–Kier alpha value is -1.30. The summed E-state index contributed by atoms with van der Waals surface area (Å²) in [5.74, 6) is -0.539. The zero-order valence-corrected chi connectivity index (χ0v) is 12.2. The summed E-state index contributed by atoms with van der Waals surface area (Å²) in [7, 11) is 0. The maximum atomic E-state index is 12.0. The number of hydrogen-bond donors (Lipinski definition) is 3. The molecule has 2 amide bonds. The first kappa shape index (κ1) is 16.8.